The molecule has 1 heterocycles. The highest BCUT2D eigenvalue weighted by atomic mass is 32.1. The number of carbonyl (C=O) groups is 1. The van der Waals surface area contributed by atoms with Crippen molar-refractivity contribution in [2.45, 2.75) is 6.92 Å². The Morgan fingerprint density at radius 3 is 2.88 bits per heavy atom. The number of nitrogens with one attached hydrogen (secondary N) is 1. The van der Waals surface area contributed by atoms with Gasteiger partial charge in [0.25, 0.3) is 0 Å². The van der Waals surface area contributed by atoms with E-state index in [0.717, 1.165) is 17.3 Å². The van der Waals surface area contributed by atoms with E-state index in [2.05, 4.69) is 5.32 Å². The van der Waals surface area contributed by atoms with Crippen LogP contribution in [-0.2, 0) is 4.79 Å². The third-order valence-corrected chi connectivity index (χ3v) is 2.24. The number of hydrogen-bond acceptors (Lipinski definition) is 2. The molecule has 0 aromatic heterocycles. The molecule has 1 N–H and O–H groups in total. The summed E-state index contributed by atoms with van der Waals surface area (Å²) in [5.74, 6) is 1.28. The van der Waals surface area contributed by atoms with Gasteiger partial charge in [-0.15, -0.1) is 0 Å². The van der Waals surface area contributed by atoms with E-state index in [4.69, 9.17) is 0 Å². The van der Waals surface area contributed by atoms with Crippen LogP contribution in [0.5, 0.6) is 0 Å². The van der Waals surface area contributed by atoms with E-state index in [9.17, 15) is 4.79 Å². The highest BCUT2D eigenvalue weighted by Gasteiger charge is 2.05. The fraction of sp³-hybridized carbons (Fsp3) is 0.600. The second-order valence-corrected chi connectivity index (χ2v) is 2.92. The van der Waals surface area contributed by atoms with Crippen LogP contribution in [0.4, 0.5) is 0 Å². The van der Waals surface area contributed by atoms with Gasteiger partial charge in [-0.1, -0.05) is 0 Å². The fourth-order valence-corrected chi connectivity index (χ4v) is 1.53. The molecule has 0 aliphatic carbocycles. The van der Waals surface area contributed by atoms with Gasteiger partial charge in [0.1, 0.15) is 0 Å². The van der Waals surface area contributed by atoms with Gasteiger partial charge < -0.3 is 0 Å². The third-order valence-electron chi connectivity index (χ3n) is 1.01. The molecule has 0 saturated heterocycles. The van der Waals surface area contributed by atoms with Crippen molar-refractivity contribution in [3.8, 4) is 0 Å². The summed E-state index contributed by atoms with van der Waals surface area (Å²) in [6.45, 7) is 2.57. The van der Waals surface area contributed by atoms with E-state index < -0.39 is 0 Å². The molecular weight excluding hydrogens is 122 g/mol. The standard InChI is InChI=1S/C5H9NOS/c1-4(7)5-6-2-3-8-5/h6,8H,2-3H2,1H3. The maximum atomic E-state index is 10.5. The second kappa shape index (κ2) is 2.42. The Kier molecular flexibility index (Phi) is 1.81. The van der Waals surface area contributed by atoms with E-state index in [0.29, 0.717) is 0 Å². The van der Waals surface area contributed by atoms with Gasteiger partial charge in [-0.05, 0) is 5.75 Å². The number of Topliss-reactive ketones (excluding diaryl/α,β-unsaturated/α-hetero) is 1. The van der Waals surface area contributed by atoms with Crippen molar-refractivity contribution in [2.24, 2.45) is 0 Å². The third kappa shape index (κ3) is 1.17. The molecule has 0 spiro atoms. The summed E-state index contributed by atoms with van der Waals surface area (Å²) in [5.41, 5.74) is 0. The van der Waals surface area contributed by atoms with Gasteiger partial charge in [0.05, 0.1) is 4.99 Å². The molecule has 0 saturated carbocycles. The van der Waals surface area contributed by atoms with Crippen LogP contribution in [0.2, 0.25) is 0 Å². The van der Waals surface area contributed by atoms with Crippen molar-refractivity contribution in [2.75, 3.05) is 12.3 Å². The van der Waals surface area contributed by atoms with E-state index in [1.165, 1.54) is 11.4 Å². The zero-order valence-corrected chi connectivity index (χ0v) is 5.66. The maximum Gasteiger partial charge on any atom is 0.175 e. The summed E-state index contributed by atoms with van der Waals surface area (Å²) in [5, 5.41) is 3.01. The highest BCUT2D eigenvalue weighted by Crippen LogP contribution is 1.95. The zero-order chi connectivity index (χ0) is 5.98. The minimum Gasteiger partial charge on any atom is -0.293 e. The first-order chi connectivity index (χ1) is 3.80. The summed E-state index contributed by atoms with van der Waals surface area (Å²) < 4.78 is 0. The molecule has 0 aromatic rings. The quantitative estimate of drug-likeness (QED) is 0.380. The van der Waals surface area contributed by atoms with Gasteiger partial charge in [0.2, 0.25) is 0 Å². The molecule has 46 valence electrons. The van der Waals surface area contributed by atoms with Crippen molar-refractivity contribution < 1.29 is 4.79 Å². The number of thiol groups is 1. The predicted molar refractivity (Wildman–Crippen MR) is 37.5 cm³/mol. The Bertz CT molecular complexity index is 141. The lowest BCUT2D eigenvalue weighted by Gasteiger charge is -1.91. The number of rotatable bonds is 1. The van der Waals surface area contributed by atoms with E-state index in [-0.39, 0.29) is 5.78 Å². The molecule has 3 heteroatoms. The Hall–Kier alpha value is -0.150. The number of ketones is 1. The average molecular weight is 131 g/mol. The summed E-state index contributed by atoms with van der Waals surface area (Å²) in [6.07, 6.45) is 0. The molecule has 0 unspecified atom stereocenters. The van der Waals surface area contributed by atoms with Crippen LogP contribution in [0.15, 0.2) is 0 Å². The van der Waals surface area contributed by atoms with Gasteiger partial charge in [-0.25, -0.2) is 0 Å². The molecule has 1 aliphatic heterocycles. The Labute approximate surface area is 52.2 Å². The van der Waals surface area contributed by atoms with Crippen LogP contribution >= 0.6 is 11.4 Å². The van der Waals surface area contributed by atoms with Crippen LogP contribution in [0.1, 0.15) is 6.92 Å². The Morgan fingerprint density at radius 1 is 1.88 bits per heavy atom. The Morgan fingerprint density at radius 2 is 2.62 bits per heavy atom. The molecule has 8 heavy (non-hydrogen) atoms. The average Bonchev–Trinajstić information content (AvgIpc) is 2.12. The fourth-order valence-electron chi connectivity index (χ4n) is 0.634. The zero-order valence-electron chi connectivity index (χ0n) is 4.77. The molecule has 1 aliphatic rings. The lowest BCUT2D eigenvalue weighted by atomic mass is 10.4. The maximum absolute atomic E-state index is 10.5. The van der Waals surface area contributed by atoms with Gasteiger partial charge in [0.15, 0.2) is 5.78 Å². The normalized spacial score (nSPS) is 19.4. The van der Waals surface area contributed by atoms with Crippen molar-refractivity contribution in [3.63, 3.8) is 0 Å². The number of hydrogen-bond donors (Lipinski definition) is 2. The van der Waals surface area contributed by atoms with Crippen LogP contribution in [0.25, 0.3) is 0 Å². The molecule has 0 radical (unpaired) electrons. The lowest BCUT2D eigenvalue weighted by Crippen LogP contribution is -2.24. The molecule has 0 bridgehead atoms. The van der Waals surface area contributed by atoms with Crippen LogP contribution in [-0.4, -0.2) is 23.1 Å². The number of carbonyl (C=O) groups excluding carboxylic acids is 1. The van der Waals surface area contributed by atoms with Crippen LogP contribution in [0, 0.1) is 0 Å². The summed E-state index contributed by atoms with van der Waals surface area (Å²) in [6, 6.07) is 0. The van der Waals surface area contributed by atoms with Gasteiger partial charge in [0, 0.05) is 13.5 Å². The first-order valence-corrected chi connectivity index (χ1v) is 3.68. The Balaban J connectivity index is 2.57. The van der Waals surface area contributed by atoms with Gasteiger partial charge in [-0.3, -0.25) is 10.1 Å². The van der Waals surface area contributed by atoms with E-state index in [1.54, 1.807) is 6.92 Å². The molecule has 1 rings (SSSR count). The monoisotopic (exact) mass is 131 g/mol. The first-order valence-electron chi connectivity index (χ1n) is 2.60. The van der Waals surface area contributed by atoms with Crippen LogP contribution < -0.4 is 5.32 Å². The molecule has 2 nitrogen and oxygen atoms in total. The van der Waals surface area contributed by atoms with E-state index >= 15 is 0 Å². The molecule has 0 atom stereocenters. The van der Waals surface area contributed by atoms with Crippen molar-refractivity contribution in [3.05, 3.63) is 0 Å². The van der Waals surface area contributed by atoms with Gasteiger partial charge >= 0.3 is 0 Å². The van der Waals surface area contributed by atoms with Crippen molar-refractivity contribution in [1.82, 2.24) is 5.32 Å². The summed E-state index contributed by atoms with van der Waals surface area (Å²) >= 11 is 1.17. The largest absolute Gasteiger partial charge is 0.293 e. The lowest BCUT2D eigenvalue weighted by molar-refractivity contribution is -0.111. The van der Waals surface area contributed by atoms with Crippen LogP contribution in [0.3, 0.4) is 0 Å². The molecule has 0 aromatic carbocycles. The van der Waals surface area contributed by atoms with Crippen molar-refractivity contribution in [1.29, 1.82) is 0 Å². The predicted octanol–water partition coefficient (Wildman–Crippen LogP) is -0.226. The van der Waals surface area contributed by atoms with Crippen molar-refractivity contribution >= 4 is 22.1 Å². The second-order valence-electron chi connectivity index (χ2n) is 1.71. The summed E-state index contributed by atoms with van der Waals surface area (Å²) in [7, 11) is 0. The summed E-state index contributed by atoms with van der Waals surface area (Å²) in [4.78, 5) is 11.4. The molecule has 0 fully saturated rings. The topological polar surface area (TPSA) is 29.1 Å². The minimum atomic E-state index is 0.184. The van der Waals surface area contributed by atoms with E-state index in [1.807, 2.05) is 0 Å². The molecule has 0 amide bonds. The first kappa shape index (κ1) is 5.98. The SMILES string of the molecule is CC(=O)C1=[SH]CCN1. The minimum absolute atomic E-state index is 0.184. The van der Waals surface area contributed by atoms with Gasteiger partial charge in [-0.2, -0.15) is 11.4 Å². The smallest absolute Gasteiger partial charge is 0.175 e. The highest BCUT2D eigenvalue weighted by molar-refractivity contribution is 8.00. The molecular formula is C5H9NOS.